The zero-order valence-electron chi connectivity index (χ0n) is 9.51. The summed E-state index contributed by atoms with van der Waals surface area (Å²) >= 11 is 2.93. The van der Waals surface area contributed by atoms with Gasteiger partial charge in [0.05, 0.1) is 12.7 Å². The molecule has 4 nitrogen and oxygen atoms in total. The van der Waals surface area contributed by atoms with E-state index in [4.69, 9.17) is 16.2 Å². The number of aliphatic hydroxyl groups is 2. The molecule has 1 unspecified atom stereocenters. The molecular weight excluding hydrogens is 256 g/mol. The summed E-state index contributed by atoms with van der Waals surface area (Å²) in [5.74, 6) is 0.408. The van der Waals surface area contributed by atoms with Gasteiger partial charge in [0.15, 0.2) is 0 Å². The molecular formula is C11H16N2O2S2. The largest absolute Gasteiger partial charge is 0.394 e. The first-order chi connectivity index (χ1) is 8.10. The Morgan fingerprint density at radius 3 is 2.65 bits per heavy atom. The van der Waals surface area contributed by atoms with Crippen LogP contribution in [0.1, 0.15) is 5.56 Å². The van der Waals surface area contributed by atoms with Gasteiger partial charge in [-0.15, -0.1) is 23.5 Å². The average molecular weight is 272 g/mol. The van der Waals surface area contributed by atoms with Gasteiger partial charge in [-0.3, -0.25) is 5.41 Å². The topological polar surface area (TPSA) is 90.3 Å². The number of rotatable bonds is 6. The van der Waals surface area contributed by atoms with Crippen molar-refractivity contribution in [1.82, 2.24) is 0 Å². The maximum absolute atomic E-state index is 9.31. The van der Waals surface area contributed by atoms with Crippen LogP contribution in [-0.4, -0.2) is 40.8 Å². The van der Waals surface area contributed by atoms with Crippen LogP contribution in [0.5, 0.6) is 0 Å². The minimum absolute atomic E-state index is 0.0240. The molecule has 0 aliphatic heterocycles. The fourth-order valence-electron chi connectivity index (χ4n) is 1.31. The second-order valence-electron chi connectivity index (χ2n) is 3.39. The van der Waals surface area contributed by atoms with Gasteiger partial charge in [0, 0.05) is 21.1 Å². The summed E-state index contributed by atoms with van der Waals surface area (Å²) in [5.41, 5.74) is 6.28. The number of thioether (sulfide) groups is 2. The van der Waals surface area contributed by atoms with E-state index in [9.17, 15) is 5.11 Å². The Hall–Kier alpha value is -0.690. The molecule has 94 valence electrons. The van der Waals surface area contributed by atoms with Crippen molar-refractivity contribution in [2.45, 2.75) is 15.9 Å². The van der Waals surface area contributed by atoms with Crippen LogP contribution in [0.3, 0.4) is 0 Å². The summed E-state index contributed by atoms with van der Waals surface area (Å²) in [4.78, 5) is 1.80. The molecule has 0 spiro atoms. The zero-order chi connectivity index (χ0) is 12.8. The highest BCUT2D eigenvalue weighted by molar-refractivity contribution is 8.00. The highest BCUT2D eigenvalue weighted by Gasteiger charge is 2.12. The molecule has 17 heavy (non-hydrogen) atoms. The zero-order valence-corrected chi connectivity index (χ0v) is 11.1. The van der Waals surface area contributed by atoms with Crippen LogP contribution in [0.25, 0.3) is 0 Å². The second kappa shape index (κ2) is 6.90. The Morgan fingerprint density at radius 2 is 2.12 bits per heavy atom. The minimum Gasteiger partial charge on any atom is -0.394 e. The number of nitrogens with two attached hydrogens (primary N) is 1. The standard InChI is InChI=1S/C11H16N2O2S2/c1-16-8-3-2-4-9(10(8)11(12)13)17-6-7(15)5-14/h2-4,7,14-15H,5-6H2,1H3,(H3,12,13). The SMILES string of the molecule is CSc1cccc(SCC(O)CO)c1C(=N)N. The van der Waals surface area contributed by atoms with Crippen LogP contribution in [0.15, 0.2) is 28.0 Å². The Balaban J connectivity index is 2.94. The maximum Gasteiger partial charge on any atom is 0.125 e. The molecule has 0 aliphatic rings. The molecule has 0 aromatic heterocycles. The molecule has 0 saturated heterocycles. The Labute approximate surface area is 109 Å². The van der Waals surface area contributed by atoms with Crippen LogP contribution < -0.4 is 5.73 Å². The number of hydrogen-bond acceptors (Lipinski definition) is 5. The lowest BCUT2D eigenvalue weighted by molar-refractivity contribution is 0.113. The van der Waals surface area contributed by atoms with E-state index in [0.717, 1.165) is 9.79 Å². The molecule has 1 aromatic carbocycles. The van der Waals surface area contributed by atoms with Crippen LogP contribution in [0.4, 0.5) is 0 Å². The molecule has 0 saturated carbocycles. The van der Waals surface area contributed by atoms with Gasteiger partial charge in [0.1, 0.15) is 5.84 Å². The Kier molecular flexibility index (Phi) is 5.84. The summed E-state index contributed by atoms with van der Waals surface area (Å²) < 4.78 is 0. The fourth-order valence-corrected chi connectivity index (χ4v) is 3.03. The normalized spacial score (nSPS) is 12.4. The molecule has 0 amide bonds. The summed E-state index contributed by atoms with van der Waals surface area (Å²) in [7, 11) is 0. The molecule has 0 heterocycles. The van der Waals surface area contributed by atoms with Gasteiger partial charge in [-0.1, -0.05) is 6.07 Å². The van der Waals surface area contributed by atoms with Crippen molar-refractivity contribution >= 4 is 29.4 Å². The predicted octanol–water partition coefficient (Wildman–Crippen LogP) is 1.14. The molecule has 6 heteroatoms. The average Bonchev–Trinajstić information content (AvgIpc) is 2.34. The van der Waals surface area contributed by atoms with Gasteiger partial charge >= 0.3 is 0 Å². The highest BCUT2D eigenvalue weighted by Crippen LogP contribution is 2.30. The van der Waals surface area contributed by atoms with Gasteiger partial charge < -0.3 is 15.9 Å². The molecule has 0 aliphatic carbocycles. The fraction of sp³-hybridized carbons (Fsp3) is 0.364. The second-order valence-corrected chi connectivity index (χ2v) is 5.30. The smallest absolute Gasteiger partial charge is 0.125 e. The van der Waals surface area contributed by atoms with Crippen LogP contribution in [0.2, 0.25) is 0 Å². The predicted molar refractivity (Wildman–Crippen MR) is 73.1 cm³/mol. The van der Waals surface area contributed by atoms with Crippen LogP contribution in [0, 0.1) is 5.41 Å². The summed E-state index contributed by atoms with van der Waals surface area (Å²) in [5, 5.41) is 25.7. The first-order valence-electron chi connectivity index (χ1n) is 5.03. The molecule has 0 fully saturated rings. The third-order valence-electron chi connectivity index (χ3n) is 2.12. The van der Waals surface area contributed by atoms with E-state index in [1.807, 2.05) is 24.5 Å². The third-order valence-corrected chi connectivity index (χ3v) is 4.10. The lowest BCUT2D eigenvalue weighted by Gasteiger charge is -2.13. The summed E-state index contributed by atoms with van der Waals surface area (Å²) in [6, 6.07) is 5.67. The highest BCUT2D eigenvalue weighted by atomic mass is 32.2. The van der Waals surface area contributed by atoms with Crippen molar-refractivity contribution in [3.63, 3.8) is 0 Å². The number of nitrogens with one attached hydrogen (secondary N) is 1. The quantitative estimate of drug-likeness (QED) is 0.354. The van der Waals surface area contributed by atoms with E-state index in [0.29, 0.717) is 11.3 Å². The van der Waals surface area contributed by atoms with Crippen LogP contribution >= 0.6 is 23.5 Å². The van der Waals surface area contributed by atoms with E-state index in [1.54, 1.807) is 0 Å². The van der Waals surface area contributed by atoms with Crippen molar-refractivity contribution in [3.8, 4) is 0 Å². The molecule has 1 aromatic rings. The van der Waals surface area contributed by atoms with Crippen molar-refractivity contribution in [2.75, 3.05) is 18.6 Å². The first-order valence-corrected chi connectivity index (χ1v) is 7.24. The van der Waals surface area contributed by atoms with Crippen molar-refractivity contribution in [1.29, 1.82) is 5.41 Å². The van der Waals surface area contributed by atoms with Gasteiger partial charge in [-0.25, -0.2) is 0 Å². The van der Waals surface area contributed by atoms with Crippen LogP contribution in [-0.2, 0) is 0 Å². The number of amidine groups is 1. The Bertz CT molecular complexity index is 399. The molecule has 1 atom stereocenters. The van der Waals surface area contributed by atoms with E-state index in [-0.39, 0.29) is 12.4 Å². The lowest BCUT2D eigenvalue weighted by atomic mass is 10.2. The summed E-state index contributed by atoms with van der Waals surface area (Å²) in [6.45, 7) is -0.259. The lowest BCUT2D eigenvalue weighted by Crippen LogP contribution is -2.17. The van der Waals surface area contributed by atoms with Gasteiger partial charge in [0.2, 0.25) is 0 Å². The van der Waals surface area contributed by atoms with E-state index >= 15 is 0 Å². The molecule has 1 rings (SSSR count). The van der Waals surface area contributed by atoms with Crippen molar-refractivity contribution in [2.24, 2.45) is 5.73 Å². The van der Waals surface area contributed by atoms with Gasteiger partial charge in [-0.2, -0.15) is 0 Å². The van der Waals surface area contributed by atoms with Gasteiger partial charge in [-0.05, 0) is 18.4 Å². The molecule has 0 bridgehead atoms. The monoisotopic (exact) mass is 272 g/mol. The van der Waals surface area contributed by atoms with Gasteiger partial charge in [0.25, 0.3) is 0 Å². The minimum atomic E-state index is -0.752. The van der Waals surface area contributed by atoms with E-state index in [2.05, 4.69) is 0 Å². The maximum atomic E-state index is 9.31. The third kappa shape index (κ3) is 3.92. The first kappa shape index (κ1) is 14.4. The van der Waals surface area contributed by atoms with Crippen molar-refractivity contribution in [3.05, 3.63) is 23.8 Å². The number of aliphatic hydroxyl groups excluding tert-OH is 2. The Morgan fingerprint density at radius 1 is 1.47 bits per heavy atom. The molecule has 5 N–H and O–H groups in total. The summed E-state index contributed by atoms with van der Waals surface area (Å²) in [6.07, 6.45) is 1.18. The van der Waals surface area contributed by atoms with E-state index in [1.165, 1.54) is 23.5 Å². The number of hydrogen-bond donors (Lipinski definition) is 4. The number of nitrogen functional groups attached to an aromatic ring is 1. The molecule has 0 radical (unpaired) electrons. The van der Waals surface area contributed by atoms with Crippen molar-refractivity contribution < 1.29 is 10.2 Å². The van der Waals surface area contributed by atoms with E-state index < -0.39 is 6.10 Å². The number of benzene rings is 1.